The van der Waals surface area contributed by atoms with Crippen LogP contribution in [0.4, 0.5) is 0 Å². The Morgan fingerprint density at radius 1 is 0.875 bits per heavy atom. The van der Waals surface area contributed by atoms with Crippen molar-refractivity contribution in [2.45, 2.75) is 50.8 Å². The molecule has 0 saturated carbocycles. The third-order valence-electron chi connectivity index (χ3n) is 5.95. The number of allylic oxidation sites excluding steroid dienone is 2. The van der Waals surface area contributed by atoms with Crippen LogP contribution in [0, 0.1) is 5.92 Å². The molecule has 0 aliphatic heterocycles. The first kappa shape index (κ1) is 32.0. The average Bonchev–Trinajstić information content (AvgIpc) is 2.97. The summed E-state index contributed by atoms with van der Waals surface area (Å²) in [6.45, 7) is 6.50. The monoisotopic (exact) mass is 550 g/mol. The first-order valence-electron chi connectivity index (χ1n) is 13.2. The molecule has 0 saturated heterocycles. The van der Waals surface area contributed by atoms with Gasteiger partial charge in [0.1, 0.15) is 13.2 Å². The third-order valence-corrected chi connectivity index (χ3v) is 5.95. The van der Waals surface area contributed by atoms with Crippen molar-refractivity contribution in [2.24, 2.45) is 5.92 Å². The molecule has 0 spiro atoms. The molecular formula is C31H38N2O7. The van der Waals surface area contributed by atoms with Crippen LogP contribution in [0.1, 0.15) is 36.8 Å². The minimum absolute atomic E-state index is 0.0289. The molecule has 3 atom stereocenters. The van der Waals surface area contributed by atoms with E-state index in [0.717, 1.165) is 11.1 Å². The highest BCUT2D eigenvalue weighted by molar-refractivity contribution is 5.89. The maximum absolute atomic E-state index is 13.2. The quantitative estimate of drug-likeness (QED) is 0.192. The number of hydrogen-bond donors (Lipinski definition) is 3. The smallest absolute Gasteiger partial charge is 0.332 e. The zero-order valence-corrected chi connectivity index (χ0v) is 22.6. The average molecular weight is 551 g/mol. The number of carbonyl (C=O) groups is 4. The van der Waals surface area contributed by atoms with Gasteiger partial charge in [0, 0.05) is 12.8 Å². The van der Waals surface area contributed by atoms with Crippen molar-refractivity contribution < 1.29 is 33.8 Å². The van der Waals surface area contributed by atoms with E-state index in [4.69, 9.17) is 9.47 Å². The number of carbonyl (C=O) groups excluding carboxylic acids is 4. The van der Waals surface area contributed by atoms with Crippen molar-refractivity contribution in [3.63, 3.8) is 0 Å². The fourth-order valence-corrected chi connectivity index (χ4v) is 3.81. The number of aliphatic hydroxyl groups is 1. The summed E-state index contributed by atoms with van der Waals surface area (Å²) in [6.07, 6.45) is 3.94. The molecule has 0 aliphatic carbocycles. The van der Waals surface area contributed by atoms with Gasteiger partial charge in [-0.25, -0.2) is 4.79 Å². The zero-order chi connectivity index (χ0) is 29.2. The van der Waals surface area contributed by atoms with E-state index >= 15 is 0 Å². The third kappa shape index (κ3) is 12.1. The lowest BCUT2D eigenvalue weighted by Gasteiger charge is -2.22. The van der Waals surface area contributed by atoms with E-state index in [-0.39, 0.29) is 32.5 Å². The minimum Gasteiger partial charge on any atom is -0.463 e. The second-order valence-corrected chi connectivity index (χ2v) is 9.23. The van der Waals surface area contributed by atoms with Crippen LogP contribution in [-0.2, 0) is 41.7 Å². The number of esters is 2. The normalized spacial score (nSPS) is 12.7. The van der Waals surface area contributed by atoms with Gasteiger partial charge in [0.15, 0.2) is 6.04 Å². The van der Waals surface area contributed by atoms with Crippen LogP contribution in [0.5, 0.6) is 0 Å². The molecule has 2 rings (SSSR count). The zero-order valence-electron chi connectivity index (χ0n) is 22.6. The summed E-state index contributed by atoms with van der Waals surface area (Å²) in [6, 6.07) is 16.6. The summed E-state index contributed by atoms with van der Waals surface area (Å²) in [7, 11) is 0. The predicted octanol–water partition coefficient (Wildman–Crippen LogP) is 3.03. The molecule has 0 fully saturated rings. The van der Waals surface area contributed by atoms with Gasteiger partial charge in [0.25, 0.3) is 0 Å². The molecule has 3 N–H and O–H groups in total. The topological polar surface area (TPSA) is 131 Å². The Morgan fingerprint density at radius 3 is 2.12 bits per heavy atom. The standard InChI is InChI=1S/C31H38N2O7/c1-3-5-17-29(36)39-22-27(31(38)40-21-24-15-10-7-11-16-24)33-30(37)25(12-4-2)19-28(35)32-26(20-34)18-23-13-8-6-9-14-23/h3-4,6-11,13-16,25-27,34H,1-2,5,12,17-22H2,(H,32,35)(H,33,37)/t25-,26+,27-/m1/s1. The molecule has 9 nitrogen and oxygen atoms in total. The summed E-state index contributed by atoms with van der Waals surface area (Å²) in [5, 5.41) is 15.1. The van der Waals surface area contributed by atoms with Crippen molar-refractivity contribution in [3.8, 4) is 0 Å². The van der Waals surface area contributed by atoms with E-state index in [1.54, 1.807) is 30.3 Å². The van der Waals surface area contributed by atoms with Crippen molar-refractivity contribution in [1.29, 1.82) is 0 Å². The van der Waals surface area contributed by atoms with E-state index < -0.39 is 48.4 Å². The van der Waals surface area contributed by atoms with Crippen LogP contribution >= 0.6 is 0 Å². The molecule has 0 aliphatic rings. The van der Waals surface area contributed by atoms with Crippen molar-refractivity contribution in [2.75, 3.05) is 13.2 Å². The van der Waals surface area contributed by atoms with Crippen LogP contribution < -0.4 is 10.6 Å². The van der Waals surface area contributed by atoms with Gasteiger partial charge in [-0.05, 0) is 30.4 Å². The van der Waals surface area contributed by atoms with E-state index in [9.17, 15) is 24.3 Å². The Morgan fingerprint density at radius 2 is 1.52 bits per heavy atom. The largest absolute Gasteiger partial charge is 0.463 e. The fourth-order valence-electron chi connectivity index (χ4n) is 3.81. The number of benzene rings is 2. The van der Waals surface area contributed by atoms with Crippen LogP contribution in [0.2, 0.25) is 0 Å². The molecule has 0 unspecified atom stereocenters. The number of rotatable bonds is 18. The molecule has 9 heteroatoms. The van der Waals surface area contributed by atoms with Crippen molar-refractivity contribution in [3.05, 3.63) is 97.1 Å². The van der Waals surface area contributed by atoms with Gasteiger partial charge >= 0.3 is 11.9 Å². The van der Waals surface area contributed by atoms with Crippen LogP contribution in [0.15, 0.2) is 86.0 Å². The van der Waals surface area contributed by atoms with Gasteiger partial charge in [-0.1, -0.05) is 72.8 Å². The van der Waals surface area contributed by atoms with Crippen molar-refractivity contribution in [1.82, 2.24) is 10.6 Å². The van der Waals surface area contributed by atoms with Gasteiger partial charge in [0.2, 0.25) is 11.8 Å². The number of ether oxygens (including phenoxy) is 2. The molecule has 0 bridgehead atoms. The number of aliphatic hydroxyl groups excluding tert-OH is 1. The summed E-state index contributed by atoms with van der Waals surface area (Å²) in [5.74, 6) is -3.21. The lowest BCUT2D eigenvalue weighted by atomic mass is 9.98. The molecule has 214 valence electrons. The van der Waals surface area contributed by atoms with E-state index in [1.807, 2.05) is 36.4 Å². The first-order valence-corrected chi connectivity index (χ1v) is 13.2. The summed E-state index contributed by atoms with van der Waals surface area (Å²) >= 11 is 0. The molecule has 0 radical (unpaired) electrons. The van der Waals surface area contributed by atoms with Gasteiger partial charge in [-0.2, -0.15) is 0 Å². The Labute approximate surface area is 235 Å². The lowest BCUT2D eigenvalue weighted by Crippen LogP contribution is -2.48. The van der Waals surface area contributed by atoms with Gasteiger partial charge in [-0.15, -0.1) is 13.2 Å². The Bertz CT molecular complexity index is 1110. The highest BCUT2D eigenvalue weighted by Crippen LogP contribution is 2.12. The first-order chi connectivity index (χ1) is 19.4. The Hall–Kier alpha value is -4.24. The maximum Gasteiger partial charge on any atom is 0.332 e. The van der Waals surface area contributed by atoms with Gasteiger partial charge in [0.05, 0.1) is 18.6 Å². The molecular weight excluding hydrogens is 512 g/mol. The molecule has 40 heavy (non-hydrogen) atoms. The predicted molar refractivity (Wildman–Crippen MR) is 151 cm³/mol. The molecule has 0 heterocycles. The minimum atomic E-state index is -1.28. The number of hydrogen-bond acceptors (Lipinski definition) is 7. The number of amides is 2. The Balaban J connectivity index is 2.04. The second kappa shape index (κ2) is 18.1. The molecule has 0 aromatic heterocycles. The lowest BCUT2D eigenvalue weighted by molar-refractivity contribution is -0.155. The second-order valence-electron chi connectivity index (χ2n) is 9.23. The van der Waals surface area contributed by atoms with Crippen LogP contribution in [0.25, 0.3) is 0 Å². The summed E-state index contributed by atoms with van der Waals surface area (Å²) < 4.78 is 10.6. The fraction of sp³-hybridized carbons (Fsp3) is 0.355. The summed E-state index contributed by atoms with van der Waals surface area (Å²) in [4.78, 5) is 50.8. The summed E-state index contributed by atoms with van der Waals surface area (Å²) in [5.41, 5.74) is 1.70. The molecule has 2 aromatic rings. The van der Waals surface area contributed by atoms with Gasteiger partial charge in [-0.3, -0.25) is 14.4 Å². The van der Waals surface area contributed by atoms with E-state index in [1.165, 1.54) is 6.08 Å². The maximum atomic E-state index is 13.2. The SMILES string of the molecule is C=CCCC(=O)OC[C@@H](NC(=O)[C@H](CC=C)CC(=O)N[C@H](CO)Cc1ccccc1)C(=O)OCc1ccccc1. The van der Waals surface area contributed by atoms with E-state index in [0.29, 0.717) is 12.8 Å². The van der Waals surface area contributed by atoms with Crippen LogP contribution in [0.3, 0.4) is 0 Å². The van der Waals surface area contributed by atoms with E-state index in [2.05, 4.69) is 23.8 Å². The van der Waals surface area contributed by atoms with Crippen molar-refractivity contribution >= 4 is 23.8 Å². The Kier molecular flexibility index (Phi) is 14.5. The number of nitrogens with one attached hydrogen (secondary N) is 2. The van der Waals surface area contributed by atoms with Crippen LogP contribution in [-0.4, -0.2) is 54.2 Å². The highest BCUT2D eigenvalue weighted by atomic mass is 16.6. The van der Waals surface area contributed by atoms with Gasteiger partial charge < -0.3 is 25.2 Å². The molecule has 2 aromatic carbocycles. The molecule has 2 amide bonds. The highest BCUT2D eigenvalue weighted by Gasteiger charge is 2.29.